The zero-order valence-electron chi connectivity index (χ0n) is 15.6. The molecular formula is C20H25FN2O3S. The molecule has 0 heterocycles. The van der Waals surface area contributed by atoms with Crippen LogP contribution in [0.3, 0.4) is 0 Å². The number of hydrogen-bond donors (Lipinski definition) is 1. The molecule has 0 unspecified atom stereocenters. The summed E-state index contributed by atoms with van der Waals surface area (Å²) in [5, 5.41) is 2.71. The van der Waals surface area contributed by atoms with Gasteiger partial charge < -0.3 is 5.32 Å². The predicted molar refractivity (Wildman–Crippen MR) is 104 cm³/mol. The molecule has 0 bridgehead atoms. The van der Waals surface area contributed by atoms with Gasteiger partial charge in [0.1, 0.15) is 5.82 Å². The summed E-state index contributed by atoms with van der Waals surface area (Å²) in [6, 6.07) is 14.0. The van der Waals surface area contributed by atoms with Gasteiger partial charge in [-0.2, -0.15) is 4.31 Å². The third kappa shape index (κ3) is 7.11. The second-order valence-electron chi connectivity index (χ2n) is 6.52. The molecule has 1 N–H and O–H groups in total. The van der Waals surface area contributed by atoms with Gasteiger partial charge in [0.25, 0.3) is 0 Å². The fourth-order valence-corrected chi connectivity index (χ4v) is 3.42. The summed E-state index contributed by atoms with van der Waals surface area (Å²) >= 11 is 0. The molecule has 5 nitrogen and oxygen atoms in total. The van der Waals surface area contributed by atoms with Crippen molar-refractivity contribution in [2.75, 3.05) is 19.3 Å². The van der Waals surface area contributed by atoms with Gasteiger partial charge >= 0.3 is 0 Å². The molecule has 2 aromatic rings. The molecule has 0 radical (unpaired) electrons. The lowest BCUT2D eigenvalue weighted by Gasteiger charge is -2.20. The van der Waals surface area contributed by atoms with Crippen LogP contribution >= 0.6 is 0 Å². The standard InChI is InChI=1S/C20H25FN2O3S/c1-16-7-9-17(10-8-16)15-23(27(2,25)26)14-12-20(24)22-13-11-18-5-3-4-6-19(18)21/h3-10H,11-15H2,1-2H3,(H,22,24). The summed E-state index contributed by atoms with van der Waals surface area (Å²) in [6.45, 7) is 2.58. The number of halogens is 1. The Hall–Kier alpha value is -2.25. The number of benzene rings is 2. The predicted octanol–water partition coefficient (Wildman–Crippen LogP) is 2.64. The fraction of sp³-hybridized carbons (Fsp3) is 0.350. The van der Waals surface area contributed by atoms with Gasteiger partial charge in [0.2, 0.25) is 15.9 Å². The largest absolute Gasteiger partial charge is 0.356 e. The Morgan fingerprint density at radius 1 is 1.11 bits per heavy atom. The molecule has 1 amide bonds. The van der Waals surface area contributed by atoms with Crippen molar-refractivity contribution < 1.29 is 17.6 Å². The summed E-state index contributed by atoms with van der Waals surface area (Å²) in [5.41, 5.74) is 2.50. The van der Waals surface area contributed by atoms with E-state index < -0.39 is 10.0 Å². The van der Waals surface area contributed by atoms with E-state index in [0.717, 1.165) is 17.4 Å². The summed E-state index contributed by atoms with van der Waals surface area (Å²) in [5.74, 6) is -0.558. The summed E-state index contributed by atoms with van der Waals surface area (Å²) in [6.07, 6.45) is 1.57. The molecule has 146 valence electrons. The minimum absolute atomic E-state index is 0.0518. The molecule has 0 aliphatic heterocycles. The van der Waals surface area contributed by atoms with Crippen LogP contribution in [0.2, 0.25) is 0 Å². The van der Waals surface area contributed by atoms with Crippen LogP contribution in [0.5, 0.6) is 0 Å². The first-order valence-corrected chi connectivity index (χ1v) is 10.6. The number of nitrogens with one attached hydrogen (secondary N) is 1. The lowest BCUT2D eigenvalue weighted by atomic mass is 10.1. The Morgan fingerprint density at radius 3 is 2.41 bits per heavy atom. The normalized spacial score (nSPS) is 11.6. The highest BCUT2D eigenvalue weighted by atomic mass is 32.2. The molecule has 0 saturated carbocycles. The molecule has 2 aromatic carbocycles. The monoisotopic (exact) mass is 392 g/mol. The first-order valence-electron chi connectivity index (χ1n) is 8.76. The lowest BCUT2D eigenvalue weighted by Crippen LogP contribution is -2.34. The molecule has 0 fully saturated rings. The summed E-state index contributed by atoms with van der Waals surface area (Å²) < 4.78 is 38.8. The number of hydrogen-bond acceptors (Lipinski definition) is 3. The highest BCUT2D eigenvalue weighted by Crippen LogP contribution is 2.11. The molecule has 0 aromatic heterocycles. The molecule has 0 aliphatic rings. The number of rotatable bonds is 9. The SMILES string of the molecule is Cc1ccc(CN(CCC(=O)NCCc2ccccc2F)S(C)(=O)=O)cc1. The van der Waals surface area contributed by atoms with Gasteiger partial charge in [-0.3, -0.25) is 4.79 Å². The minimum atomic E-state index is -3.43. The van der Waals surface area contributed by atoms with E-state index >= 15 is 0 Å². The minimum Gasteiger partial charge on any atom is -0.356 e. The number of nitrogens with zero attached hydrogens (tertiary/aromatic N) is 1. The molecule has 0 atom stereocenters. The van der Waals surface area contributed by atoms with Gasteiger partial charge in [-0.1, -0.05) is 48.0 Å². The average molecular weight is 392 g/mol. The van der Waals surface area contributed by atoms with Crippen LogP contribution in [0.4, 0.5) is 4.39 Å². The highest BCUT2D eigenvalue weighted by Gasteiger charge is 2.18. The maximum absolute atomic E-state index is 13.5. The number of carbonyl (C=O) groups excluding carboxylic acids is 1. The lowest BCUT2D eigenvalue weighted by molar-refractivity contribution is -0.121. The number of sulfonamides is 1. The second kappa shape index (κ2) is 9.62. The molecule has 0 saturated heterocycles. The van der Waals surface area contributed by atoms with Crippen molar-refractivity contribution in [3.8, 4) is 0 Å². The van der Waals surface area contributed by atoms with Gasteiger partial charge in [-0.05, 0) is 30.5 Å². The van der Waals surface area contributed by atoms with Crippen molar-refractivity contribution in [2.24, 2.45) is 0 Å². The Bertz CT molecular complexity index is 867. The van der Waals surface area contributed by atoms with Crippen LogP contribution in [0, 0.1) is 12.7 Å². The molecule has 0 spiro atoms. The van der Waals surface area contributed by atoms with E-state index in [2.05, 4.69) is 5.32 Å². The molecule has 0 aliphatic carbocycles. The number of amides is 1. The van der Waals surface area contributed by atoms with Crippen LogP contribution in [0.1, 0.15) is 23.1 Å². The van der Waals surface area contributed by atoms with Crippen molar-refractivity contribution >= 4 is 15.9 Å². The molecule has 27 heavy (non-hydrogen) atoms. The Morgan fingerprint density at radius 2 is 1.78 bits per heavy atom. The van der Waals surface area contributed by atoms with E-state index in [1.807, 2.05) is 31.2 Å². The Balaban J connectivity index is 1.84. The zero-order valence-corrected chi connectivity index (χ0v) is 16.4. The zero-order chi connectivity index (χ0) is 19.9. The van der Waals surface area contributed by atoms with E-state index in [0.29, 0.717) is 18.5 Å². The van der Waals surface area contributed by atoms with Crippen molar-refractivity contribution in [1.82, 2.24) is 9.62 Å². The van der Waals surface area contributed by atoms with Crippen LogP contribution in [0.15, 0.2) is 48.5 Å². The van der Waals surface area contributed by atoms with Crippen LogP contribution in [0.25, 0.3) is 0 Å². The summed E-state index contributed by atoms with van der Waals surface area (Å²) in [4.78, 5) is 12.0. The van der Waals surface area contributed by atoms with E-state index in [1.165, 1.54) is 10.4 Å². The smallest absolute Gasteiger partial charge is 0.221 e. The van der Waals surface area contributed by atoms with Crippen LogP contribution in [-0.2, 0) is 27.8 Å². The number of aryl methyl sites for hydroxylation is 1. The van der Waals surface area contributed by atoms with E-state index in [9.17, 15) is 17.6 Å². The molecule has 7 heteroatoms. The van der Waals surface area contributed by atoms with Gasteiger partial charge in [0.05, 0.1) is 6.26 Å². The van der Waals surface area contributed by atoms with Gasteiger partial charge in [0, 0.05) is 26.1 Å². The Kier molecular flexibility index (Phi) is 7.50. The number of carbonyl (C=O) groups is 1. The third-order valence-electron chi connectivity index (χ3n) is 4.21. The third-order valence-corrected chi connectivity index (χ3v) is 5.46. The average Bonchev–Trinajstić information content (AvgIpc) is 2.61. The first kappa shape index (κ1) is 21.1. The second-order valence-corrected chi connectivity index (χ2v) is 8.51. The Labute approximate surface area is 160 Å². The quantitative estimate of drug-likeness (QED) is 0.713. The molecular weight excluding hydrogens is 367 g/mol. The maximum atomic E-state index is 13.5. The first-order chi connectivity index (χ1) is 12.8. The van der Waals surface area contributed by atoms with E-state index in [4.69, 9.17) is 0 Å². The van der Waals surface area contributed by atoms with E-state index in [-0.39, 0.29) is 31.2 Å². The van der Waals surface area contributed by atoms with Gasteiger partial charge in [0.15, 0.2) is 0 Å². The van der Waals surface area contributed by atoms with Crippen LogP contribution < -0.4 is 5.32 Å². The topological polar surface area (TPSA) is 66.5 Å². The van der Waals surface area contributed by atoms with Gasteiger partial charge in [-0.25, -0.2) is 12.8 Å². The van der Waals surface area contributed by atoms with Crippen molar-refractivity contribution in [2.45, 2.75) is 26.3 Å². The summed E-state index contributed by atoms with van der Waals surface area (Å²) in [7, 11) is -3.43. The van der Waals surface area contributed by atoms with Crippen molar-refractivity contribution in [1.29, 1.82) is 0 Å². The fourth-order valence-electron chi connectivity index (χ4n) is 2.61. The highest BCUT2D eigenvalue weighted by molar-refractivity contribution is 7.88. The maximum Gasteiger partial charge on any atom is 0.221 e. The van der Waals surface area contributed by atoms with Crippen molar-refractivity contribution in [3.63, 3.8) is 0 Å². The van der Waals surface area contributed by atoms with Crippen LogP contribution in [-0.4, -0.2) is 38.0 Å². The van der Waals surface area contributed by atoms with E-state index in [1.54, 1.807) is 18.2 Å². The van der Waals surface area contributed by atoms with Crippen molar-refractivity contribution in [3.05, 3.63) is 71.0 Å². The van der Waals surface area contributed by atoms with Gasteiger partial charge in [-0.15, -0.1) is 0 Å². The molecule has 2 rings (SSSR count).